The van der Waals surface area contributed by atoms with Crippen LogP contribution < -0.4 is 14.4 Å². The molecule has 240 valence electrons. The van der Waals surface area contributed by atoms with Gasteiger partial charge < -0.3 is 14.6 Å². The Morgan fingerprint density at radius 2 is 1.74 bits per heavy atom. The van der Waals surface area contributed by atoms with E-state index in [9.17, 15) is 19.1 Å². The number of rotatable bonds is 12. The smallest absolute Gasteiger partial charge is 0.301 e. The molecule has 5 aromatic rings. The van der Waals surface area contributed by atoms with E-state index in [1.54, 1.807) is 18.2 Å². The zero-order valence-corrected chi connectivity index (χ0v) is 27.4. The molecule has 1 aromatic heterocycles. The van der Waals surface area contributed by atoms with E-state index in [4.69, 9.17) is 9.47 Å². The highest BCUT2D eigenvalue weighted by Crippen LogP contribution is 2.46. The monoisotopic (exact) mass is 669 g/mol. The number of hydrogen-bond acceptors (Lipinski definition) is 9. The van der Waals surface area contributed by atoms with E-state index in [-0.39, 0.29) is 16.3 Å². The van der Waals surface area contributed by atoms with Gasteiger partial charge >= 0.3 is 5.91 Å². The molecule has 6 rings (SSSR count). The molecular weight excluding hydrogens is 638 g/mol. The molecule has 0 aliphatic carbocycles. The van der Waals surface area contributed by atoms with E-state index in [1.807, 2.05) is 25.1 Å². The first-order chi connectivity index (χ1) is 22.9. The van der Waals surface area contributed by atoms with E-state index in [2.05, 4.69) is 41.4 Å². The molecule has 1 aliphatic heterocycles. The second-order valence-electron chi connectivity index (χ2n) is 10.8. The second-order valence-corrected chi connectivity index (χ2v) is 13.0. The minimum atomic E-state index is -1.06. The van der Waals surface area contributed by atoms with Gasteiger partial charge in [0.1, 0.15) is 11.6 Å². The number of benzene rings is 4. The van der Waals surface area contributed by atoms with Crippen LogP contribution in [0.15, 0.2) is 94.8 Å². The predicted molar refractivity (Wildman–Crippen MR) is 183 cm³/mol. The van der Waals surface area contributed by atoms with Crippen molar-refractivity contribution in [2.45, 2.75) is 42.8 Å². The van der Waals surface area contributed by atoms with Crippen molar-refractivity contribution in [1.29, 1.82) is 0 Å². The molecule has 1 saturated heterocycles. The summed E-state index contributed by atoms with van der Waals surface area (Å²) < 4.78 is 26.2. The summed E-state index contributed by atoms with van der Waals surface area (Å²) in [6, 6.07) is 23.5. The first-order valence-corrected chi connectivity index (χ1v) is 17.1. The minimum absolute atomic E-state index is 0.149. The molecule has 0 radical (unpaired) electrons. The van der Waals surface area contributed by atoms with Crippen molar-refractivity contribution in [1.82, 2.24) is 10.2 Å². The summed E-state index contributed by atoms with van der Waals surface area (Å²) in [6.45, 7) is 4.78. The molecule has 4 aromatic carbocycles. The average molecular weight is 670 g/mol. The topological polar surface area (TPSA) is 102 Å². The molecule has 0 bridgehead atoms. The summed E-state index contributed by atoms with van der Waals surface area (Å²) in [7, 11) is 0. The summed E-state index contributed by atoms with van der Waals surface area (Å²) in [5.41, 5.74) is 1.68. The molecule has 8 nitrogen and oxygen atoms in total. The highest BCUT2D eigenvalue weighted by atomic mass is 32.2. The molecule has 1 fully saturated rings. The number of ketones is 1. The lowest BCUT2D eigenvalue weighted by atomic mass is 9.95. The van der Waals surface area contributed by atoms with Gasteiger partial charge in [0.25, 0.3) is 5.78 Å². The van der Waals surface area contributed by atoms with E-state index in [1.165, 1.54) is 52.3 Å². The molecule has 0 saturated carbocycles. The van der Waals surface area contributed by atoms with Crippen LogP contribution in [0.4, 0.5) is 9.52 Å². The minimum Gasteiger partial charge on any atom is -0.507 e. The number of aromatic nitrogens is 2. The van der Waals surface area contributed by atoms with Crippen molar-refractivity contribution < 1.29 is 28.6 Å². The number of carbonyl (C=O) groups is 2. The predicted octanol–water partition coefficient (Wildman–Crippen LogP) is 8.33. The fraction of sp³-hybridized carbons (Fsp3) is 0.222. The molecule has 1 aliphatic rings. The maximum atomic E-state index is 13.7. The third kappa shape index (κ3) is 6.72. The summed E-state index contributed by atoms with van der Waals surface area (Å²) in [5.74, 6) is -1.08. The Balaban J connectivity index is 1.39. The Hall–Kier alpha value is -4.74. The van der Waals surface area contributed by atoms with Gasteiger partial charge in [-0.3, -0.25) is 14.5 Å². The van der Waals surface area contributed by atoms with E-state index >= 15 is 0 Å². The second kappa shape index (κ2) is 14.4. The van der Waals surface area contributed by atoms with Gasteiger partial charge in [0.15, 0.2) is 15.8 Å². The van der Waals surface area contributed by atoms with Crippen molar-refractivity contribution in [3.63, 3.8) is 0 Å². The van der Waals surface area contributed by atoms with Crippen LogP contribution in [0.1, 0.15) is 49.4 Å². The summed E-state index contributed by atoms with van der Waals surface area (Å²) in [5, 5.41) is 22.6. The number of Topliss-reactive ketones (excluding diaryl/α,β-unsaturated/α-hetero) is 1. The highest BCUT2D eigenvalue weighted by Gasteiger charge is 2.48. The standard InChI is InChI=1S/C36H32FN3O5S2/c1-3-5-19-45-28-18-15-24(20-29(28)44-4-2)31-30(32(41)23-13-16-26(37)17-14-23)33(42)34(43)40(31)35-38-39-36(47-35)46-21-25-11-8-10-22-9-6-7-12-27(22)25/h6-18,20,31,41H,3-5,19,21H2,1-2H3/b32-30+. The van der Waals surface area contributed by atoms with Crippen molar-refractivity contribution in [2.75, 3.05) is 18.1 Å². The lowest BCUT2D eigenvalue weighted by Crippen LogP contribution is -2.29. The van der Waals surface area contributed by atoms with Gasteiger partial charge in [0.05, 0.1) is 24.8 Å². The Morgan fingerprint density at radius 1 is 0.957 bits per heavy atom. The third-order valence-corrected chi connectivity index (χ3v) is 9.84. The van der Waals surface area contributed by atoms with Gasteiger partial charge in [-0.2, -0.15) is 0 Å². The van der Waals surface area contributed by atoms with Crippen LogP contribution in [0.25, 0.3) is 16.5 Å². The number of unbranched alkanes of at least 4 members (excludes halogenated alkanes) is 1. The van der Waals surface area contributed by atoms with Crippen LogP contribution in [0.5, 0.6) is 11.5 Å². The maximum Gasteiger partial charge on any atom is 0.301 e. The number of thioether (sulfide) groups is 1. The number of aliphatic hydroxyl groups excluding tert-OH is 1. The van der Waals surface area contributed by atoms with Gasteiger partial charge in [-0.1, -0.05) is 85.0 Å². The van der Waals surface area contributed by atoms with Gasteiger partial charge in [0, 0.05) is 11.3 Å². The van der Waals surface area contributed by atoms with Gasteiger partial charge in [-0.15, -0.1) is 10.2 Å². The number of carbonyl (C=O) groups excluding carboxylic acids is 2. The fourth-order valence-corrected chi connectivity index (χ4v) is 7.30. The average Bonchev–Trinajstić information content (AvgIpc) is 3.66. The number of halogens is 1. The summed E-state index contributed by atoms with van der Waals surface area (Å²) in [4.78, 5) is 28.6. The van der Waals surface area contributed by atoms with E-state index in [0.29, 0.717) is 40.4 Å². The lowest BCUT2D eigenvalue weighted by Gasteiger charge is -2.23. The number of anilines is 1. The number of hydrogen-bond donors (Lipinski definition) is 1. The number of aliphatic hydroxyl groups is 1. The summed E-state index contributed by atoms with van der Waals surface area (Å²) in [6.07, 6.45) is 1.83. The molecule has 0 spiro atoms. The van der Waals surface area contributed by atoms with Gasteiger partial charge in [0.2, 0.25) is 5.13 Å². The number of amides is 1. The maximum absolute atomic E-state index is 13.7. The number of fused-ring (bicyclic) bond motifs is 1. The first kappa shape index (κ1) is 32.2. The SMILES string of the molecule is CCCCOc1ccc(C2/C(=C(\O)c3ccc(F)cc3)C(=O)C(=O)N2c2nnc(SCc3cccc4ccccc34)s2)cc1OCC. The zero-order chi connectivity index (χ0) is 32.9. The highest BCUT2D eigenvalue weighted by molar-refractivity contribution is 8.00. The lowest BCUT2D eigenvalue weighted by molar-refractivity contribution is -0.132. The Bertz CT molecular complexity index is 1950. The molecular formula is C36H32FN3O5S2. The van der Waals surface area contributed by atoms with Crippen LogP contribution >= 0.6 is 23.1 Å². The Labute approximate surface area is 279 Å². The van der Waals surface area contributed by atoms with Crippen molar-refractivity contribution in [3.8, 4) is 11.5 Å². The van der Waals surface area contributed by atoms with Crippen molar-refractivity contribution in [2.24, 2.45) is 0 Å². The largest absolute Gasteiger partial charge is 0.507 e. The number of ether oxygens (including phenoxy) is 2. The molecule has 2 heterocycles. The molecule has 11 heteroatoms. The Kier molecular flexibility index (Phi) is 9.84. The molecule has 1 atom stereocenters. The van der Waals surface area contributed by atoms with Crippen LogP contribution in [-0.2, 0) is 15.3 Å². The van der Waals surface area contributed by atoms with Gasteiger partial charge in [-0.05, 0) is 71.6 Å². The van der Waals surface area contributed by atoms with Crippen LogP contribution in [0, 0.1) is 5.82 Å². The van der Waals surface area contributed by atoms with Crippen molar-refractivity contribution >= 4 is 56.5 Å². The number of nitrogens with zero attached hydrogens (tertiary/aromatic N) is 3. The summed E-state index contributed by atoms with van der Waals surface area (Å²) >= 11 is 2.67. The normalized spacial score (nSPS) is 15.8. The van der Waals surface area contributed by atoms with Crippen LogP contribution in [-0.4, -0.2) is 40.2 Å². The van der Waals surface area contributed by atoms with Crippen molar-refractivity contribution in [3.05, 3.63) is 113 Å². The first-order valence-electron chi connectivity index (χ1n) is 15.3. The molecule has 1 amide bonds. The van der Waals surface area contributed by atoms with E-state index in [0.717, 1.165) is 29.2 Å². The fourth-order valence-electron chi connectivity index (χ4n) is 5.43. The Morgan fingerprint density at radius 3 is 2.53 bits per heavy atom. The zero-order valence-electron chi connectivity index (χ0n) is 25.8. The van der Waals surface area contributed by atoms with Crippen LogP contribution in [0.2, 0.25) is 0 Å². The molecule has 47 heavy (non-hydrogen) atoms. The van der Waals surface area contributed by atoms with E-state index < -0.39 is 29.3 Å². The van der Waals surface area contributed by atoms with Crippen LogP contribution in [0.3, 0.4) is 0 Å². The third-order valence-electron chi connectivity index (χ3n) is 7.73. The van der Waals surface area contributed by atoms with Gasteiger partial charge in [-0.25, -0.2) is 4.39 Å². The quantitative estimate of drug-likeness (QED) is 0.0353. The molecule has 1 N–H and O–H groups in total. The molecule has 1 unspecified atom stereocenters.